The fourth-order valence-electron chi connectivity index (χ4n) is 4.05. The zero-order valence-electron chi connectivity index (χ0n) is 22.9. The summed E-state index contributed by atoms with van der Waals surface area (Å²) in [5.41, 5.74) is -3.82. The topological polar surface area (TPSA) is 183 Å². The molecule has 14 heteroatoms. The minimum Gasteiger partial charge on any atom is -0.462 e. The minimum absolute atomic E-state index is 0.105. The van der Waals surface area contributed by atoms with Gasteiger partial charge in [-0.05, 0) is 24.6 Å². The summed E-state index contributed by atoms with van der Waals surface area (Å²) >= 11 is 5.80. The van der Waals surface area contributed by atoms with E-state index in [-0.39, 0.29) is 25.2 Å². The zero-order chi connectivity index (χ0) is 29.4. The van der Waals surface area contributed by atoms with Gasteiger partial charge in [0.1, 0.15) is 49.3 Å². The number of unbranched alkanes of at least 4 members (excludes halogenated alkanes) is 8. The zero-order valence-corrected chi connectivity index (χ0v) is 25.5. The Bertz CT molecular complexity index is 744. The van der Waals surface area contributed by atoms with Crippen molar-refractivity contribution in [3.05, 3.63) is 0 Å². The Morgan fingerprint density at radius 2 is 1.23 bits per heavy atom. The van der Waals surface area contributed by atoms with E-state index in [2.05, 4.69) is 13.8 Å². The van der Waals surface area contributed by atoms with Gasteiger partial charge in [-0.15, -0.1) is 0 Å². The standard InChI is InChI=1S/C25H47O11PS2/c1-3-5-7-9-11-13-18(26)34-15-17(35-19(27)14-12-10-8-6-4-2)16-39-37(33,38)36-25-23(31)21(29)20(28)22(30)24(25)32/h17,20-25,28-32H,3-16H2,1-2H3,(H,33,38)/t17?,20?,21-,22+,23-,24-,25?,37?/m1/s1. The fourth-order valence-corrected chi connectivity index (χ4v) is 7.58. The van der Waals surface area contributed by atoms with Gasteiger partial charge < -0.3 is 44.4 Å². The molecule has 6 N–H and O–H groups in total. The molecule has 1 aliphatic rings. The Labute approximate surface area is 240 Å². The Kier molecular flexibility index (Phi) is 18.6. The van der Waals surface area contributed by atoms with Crippen LogP contribution in [-0.2, 0) is 35.4 Å². The van der Waals surface area contributed by atoms with Crippen LogP contribution in [0.25, 0.3) is 0 Å². The molecule has 0 spiro atoms. The van der Waals surface area contributed by atoms with Gasteiger partial charge in [0, 0.05) is 18.6 Å². The Morgan fingerprint density at radius 1 is 0.769 bits per heavy atom. The number of carbonyl (C=O) groups excluding carboxylic acids is 2. The van der Waals surface area contributed by atoms with Crippen molar-refractivity contribution in [2.45, 2.75) is 134 Å². The maximum atomic E-state index is 12.4. The van der Waals surface area contributed by atoms with Crippen LogP contribution in [-0.4, -0.2) is 97.5 Å². The molecule has 0 saturated heterocycles. The second kappa shape index (κ2) is 19.7. The van der Waals surface area contributed by atoms with E-state index in [9.17, 15) is 40.0 Å². The van der Waals surface area contributed by atoms with Gasteiger partial charge in [0.25, 0.3) is 0 Å². The van der Waals surface area contributed by atoms with E-state index < -0.39 is 60.4 Å². The second-order valence-electron chi connectivity index (χ2n) is 9.91. The summed E-state index contributed by atoms with van der Waals surface area (Å²) in [5, 5.41) is 49.9. The predicted octanol–water partition coefficient (Wildman–Crippen LogP) is 2.32. The first-order valence-corrected chi connectivity index (χ1v) is 18.1. The molecule has 8 atom stereocenters. The van der Waals surface area contributed by atoms with E-state index in [4.69, 9.17) is 25.8 Å². The molecule has 230 valence electrons. The van der Waals surface area contributed by atoms with Gasteiger partial charge in [-0.3, -0.25) is 9.59 Å². The van der Waals surface area contributed by atoms with Crippen LogP contribution in [0.2, 0.25) is 0 Å². The van der Waals surface area contributed by atoms with E-state index >= 15 is 0 Å². The molecule has 0 heterocycles. The fraction of sp³-hybridized carbons (Fsp3) is 0.920. The molecular weight excluding hydrogens is 571 g/mol. The average molecular weight is 619 g/mol. The van der Waals surface area contributed by atoms with Crippen LogP contribution in [0.5, 0.6) is 0 Å². The highest BCUT2D eigenvalue weighted by Crippen LogP contribution is 2.58. The van der Waals surface area contributed by atoms with Crippen LogP contribution in [0, 0.1) is 0 Å². The van der Waals surface area contributed by atoms with Gasteiger partial charge in [0.15, 0.2) is 0 Å². The lowest BCUT2D eigenvalue weighted by atomic mass is 9.85. The third kappa shape index (κ3) is 14.4. The van der Waals surface area contributed by atoms with Crippen molar-refractivity contribution in [1.29, 1.82) is 0 Å². The van der Waals surface area contributed by atoms with E-state index in [0.717, 1.165) is 51.4 Å². The first-order chi connectivity index (χ1) is 18.4. The summed E-state index contributed by atoms with van der Waals surface area (Å²) in [7, 11) is 0. The molecule has 1 saturated carbocycles. The third-order valence-corrected chi connectivity index (χ3v) is 10.7. The van der Waals surface area contributed by atoms with Crippen molar-refractivity contribution < 1.29 is 54.0 Å². The van der Waals surface area contributed by atoms with Crippen molar-refractivity contribution >= 4 is 40.8 Å². The first kappa shape index (κ1) is 36.7. The van der Waals surface area contributed by atoms with Crippen molar-refractivity contribution in [2.24, 2.45) is 0 Å². The quantitative estimate of drug-likeness (QED) is 0.0665. The molecule has 11 nitrogen and oxygen atoms in total. The van der Waals surface area contributed by atoms with Crippen molar-refractivity contribution in [2.75, 3.05) is 12.4 Å². The lowest BCUT2D eigenvalue weighted by Crippen LogP contribution is -2.64. The van der Waals surface area contributed by atoms with Crippen molar-refractivity contribution in [1.82, 2.24) is 0 Å². The predicted molar refractivity (Wildman–Crippen MR) is 151 cm³/mol. The molecular formula is C25H47O11PS2. The molecule has 0 radical (unpaired) electrons. The molecule has 4 unspecified atom stereocenters. The number of ether oxygens (including phenoxy) is 2. The number of aliphatic hydroxyl groups excluding tert-OH is 5. The van der Waals surface area contributed by atoms with Crippen LogP contribution < -0.4 is 0 Å². The van der Waals surface area contributed by atoms with E-state index in [1.165, 1.54) is 0 Å². The number of esters is 2. The SMILES string of the molecule is CCCCCCCC(=O)OCC(CSP(O)(=S)OC1[C@H](O)[C@H](O)C(O)[C@H](O)[C@H]1O)OC(=O)CCCCCCC. The van der Waals surface area contributed by atoms with Gasteiger partial charge in [-0.1, -0.05) is 76.6 Å². The summed E-state index contributed by atoms with van der Waals surface area (Å²) in [4.78, 5) is 35.3. The molecule has 0 bridgehead atoms. The Morgan fingerprint density at radius 3 is 1.74 bits per heavy atom. The van der Waals surface area contributed by atoms with Crippen LogP contribution in [0.3, 0.4) is 0 Å². The van der Waals surface area contributed by atoms with Gasteiger partial charge >= 0.3 is 11.9 Å². The van der Waals surface area contributed by atoms with Gasteiger partial charge in [-0.2, -0.15) is 0 Å². The summed E-state index contributed by atoms with van der Waals surface area (Å²) in [6.45, 7) is 3.96. The molecule has 1 fully saturated rings. The number of hydrogen-bond donors (Lipinski definition) is 6. The smallest absolute Gasteiger partial charge is 0.306 e. The molecule has 1 rings (SSSR count). The van der Waals surface area contributed by atoms with Gasteiger partial charge in [0.05, 0.1) is 0 Å². The highest BCUT2D eigenvalue weighted by atomic mass is 32.9. The molecule has 0 aromatic carbocycles. The minimum atomic E-state index is -3.82. The molecule has 0 aromatic heterocycles. The third-order valence-electron chi connectivity index (χ3n) is 6.45. The summed E-state index contributed by atoms with van der Waals surface area (Å²) in [5.74, 6) is -1.00. The largest absolute Gasteiger partial charge is 0.462 e. The Balaban J connectivity index is 2.70. The molecule has 0 aliphatic heterocycles. The van der Waals surface area contributed by atoms with Gasteiger partial charge in [0.2, 0.25) is 5.69 Å². The maximum Gasteiger partial charge on any atom is 0.306 e. The highest BCUT2D eigenvalue weighted by Gasteiger charge is 2.50. The normalized spacial score (nSPS) is 27.5. The van der Waals surface area contributed by atoms with E-state index in [0.29, 0.717) is 24.2 Å². The van der Waals surface area contributed by atoms with E-state index in [1.54, 1.807) is 0 Å². The van der Waals surface area contributed by atoms with Crippen LogP contribution in [0.1, 0.15) is 90.9 Å². The van der Waals surface area contributed by atoms with Crippen LogP contribution in [0.15, 0.2) is 0 Å². The lowest BCUT2D eigenvalue weighted by Gasteiger charge is -2.42. The lowest BCUT2D eigenvalue weighted by molar-refractivity contribution is -0.216. The molecule has 1 aliphatic carbocycles. The number of hydrogen-bond acceptors (Lipinski definition) is 12. The number of rotatable bonds is 20. The molecule has 0 aromatic rings. The van der Waals surface area contributed by atoms with Crippen molar-refractivity contribution in [3.63, 3.8) is 0 Å². The molecule has 39 heavy (non-hydrogen) atoms. The first-order valence-electron chi connectivity index (χ1n) is 13.8. The second-order valence-corrected chi connectivity index (χ2v) is 16.1. The summed E-state index contributed by atoms with van der Waals surface area (Å²) in [6, 6.07) is 0. The highest BCUT2D eigenvalue weighted by molar-refractivity contribution is 8.67. The van der Waals surface area contributed by atoms with Crippen molar-refractivity contribution in [3.8, 4) is 0 Å². The van der Waals surface area contributed by atoms with Crippen LogP contribution in [0.4, 0.5) is 0 Å². The van der Waals surface area contributed by atoms with E-state index in [1.807, 2.05) is 0 Å². The summed E-state index contributed by atoms with van der Waals surface area (Å²) < 4.78 is 16.1. The maximum absolute atomic E-state index is 12.4. The average Bonchev–Trinajstić information content (AvgIpc) is 2.90. The molecule has 0 amide bonds. The number of aliphatic hydroxyl groups is 5. The van der Waals surface area contributed by atoms with Crippen LogP contribution >= 0.6 is 17.1 Å². The summed E-state index contributed by atoms with van der Waals surface area (Å²) in [6.07, 6.45) is -1.73. The number of carbonyl (C=O) groups is 2. The van der Waals surface area contributed by atoms with Gasteiger partial charge in [-0.25, -0.2) is 0 Å². The monoisotopic (exact) mass is 618 g/mol. The Hall–Kier alpha value is -0.340.